The maximum atomic E-state index is 12.2. The summed E-state index contributed by atoms with van der Waals surface area (Å²) >= 11 is 0. The predicted octanol–water partition coefficient (Wildman–Crippen LogP) is 4.42. The van der Waals surface area contributed by atoms with Crippen LogP contribution in [0.15, 0.2) is 53.1 Å². The molecule has 2 aromatic carbocycles. The number of benzene rings is 2. The lowest BCUT2D eigenvalue weighted by Crippen LogP contribution is -2.23. The van der Waals surface area contributed by atoms with Crippen molar-refractivity contribution in [3.8, 4) is 22.9 Å². The van der Waals surface area contributed by atoms with E-state index in [0.717, 1.165) is 22.6 Å². The summed E-state index contributed by atoms with van der Waals surface area (Å²) in [5.41, 5.74) is 1.85. The van der Waals surface area contributed by atoms with Gasteiger partial charge in [0.2, 0.25) is 17.6 Å². The molecule has 1 amide bonds. The maximum Gasteiger partial charge on any atom is 0.227 e. The molecule has 1 N–H and O–H groups in total. The first-order valence-electron chi connectivity index (χ1n) is 10.6. The Morgan fingerprint density at radius 2 is 1.71 bits per heavy atom. The lowest BCUT2D eigenvalue weighted by Gasteiger charge is -2.09. The van der Waals surface area contributed by atoms with Gasteiger partial charge < -0.3 is 19.3 Å². The van der Waals surface area contributed by atoms with Gasteiger partial charge in [-0.25, -0.2) is 0 Å². The molecule has 0 aliphatic rings. The number of hydrogen-bond donors (Lipinski definition) is 1. The van der Waals surface area contributed by atoms with Crippen LogP contribution in [0.3, 0.4) is 0 Å². The minimum Gasteiger partial charge on any atom is -0.494 e. The number of nitrogens with one attached hydrogen (secondary N) is 1. The second-order valence-corrected chi connectivity index (χ2v) is 7.59. The second-order valence-electron chi connectivity index (χ2n) is 7.59. The Morgan fingerprint density at radius 1 is 1.03 bits per heavy atom. The van der Waals surface area contributed by atoms with Gasteiger partial charge in [-0.1, -0.05) is 31.1 Å². The molecule has 164 valence electrons. The van der Waals surface area contributed by atoms with Gasteiger partial charge in [-0.05, 0) is 54.8 Å². The molecular formula is C24H29N3O4. The van der Waals surface area contributed by atoms with Crippen molar-refractivity contribution in [3.63, 3.8) is 0 Å². The summed E-state index contributed by atoms with van der Waals surface area (Å²) in [7, 11) is 0. The Morgan fingerprint density at radius 3 is 2.39 bits per heavy atom. The molecule has 0 bridgehead atoms. The van der Waals surface area contributed by atoms with E-state index < -0.39 is 0 Å². The van der Waals surface area contributed by atoms with E-state index >= 15 is 0 Å². The van der Waals surface area contributed by atoms with E-state index in [-0.39, 0.29) is 12.3 Å². The number of carbonyl (C=O) groups is 1. The fourth-order valence-electron chi connectivity index (χ4n) is 2.82. The molecule has 3 rings (SSSR count). The van der Waals surface area contributed by atoms with Gasteiger partial charge in [0.15, 0.2) is 0 Å². The molecule has 31 heavy (non-hydrogen) atoms. The fourth-order valence-corrected chi connectivity index (χ4v) is 2.82. The topological polar surface area (TPSA) is 86.5 Å². The number of rotatable bonds is 11. The molecule has 0 atom stereocenters. The van der Waals surface area contributed by atoms with Crippen molar-refractivity contribution in [2.24, 2.45) is 5.92 Å². The molecule has 0 unspecified atom stereocenters. The van der Waals surface area contributed by atoms with Crippen LogP contribution in [0.2, 0.25) is 0 Å². The second kappa shape index (κ2) is 11.2. The molecule has 0 saturated heterocycles. The zero-order valence-electron chi connectivity index (χ0n) is 18.3. The zero-order valence-corrected chi connectivity index (χ0v) is 18.3. The summed E-state index contributed by atoms with van der Waals surface area (Å²) in [6.45, 7) is 7.93. The standard InChI is InChI=1S/C24H29N3O4/c1-4-29-20-11-7-19(8-12-20)24-26-23(31-27-24)14-13-22(28)25-15-18-5-9-21(10-6-18)30-16-17(2)3/h5-12,17H,4,13-16H2,1-3H3,(H,25,28). The average Bonchev–Trinajstić information content (AvgIpc) is 3.25. The SMILES string of the molecule is CCOc1ccc(-c2noc(CCC(=O)NCc3ccc(OCC(C)C)cc3)n2)cc1. The lowest BCUT2D eigenvalue weighted by atomic mass is 10.2. The first-order valence-corrected chi connectivity index (χ1v) is 10.6. The summed E-state index contributed by atoms with van der Waals surface area (Å²) in [6, 6.07) is 15.2. The van der Waals surface area contributed by atoms with Crippen LogP contribution in [0.5, 0.6) is 11.5 Å². The molecule has 7 nitrogen and oxygen atoms in total. The van der Waals surface area contributed by atoms with Crippen LogP contribution in [-0.4, -0.2) is 29.3 Å². The van der Waals surface area contributed by atoms with Gasteiger partial charge in [-0.3, -0.25) is 4.79 Å². The van der Waals surface area contributed by atoms with E-state index in [1.807, 2.05) is 55.5 Å². The smallest absolute Gasteiger partial charge is 0.227 e. The largest absolute Gasteiger partial charge is 0.494 e. The molecular weight excluding hydrogens is 394 g/mol. The van der Waals surface area contributed by atoms with Crippen molar-refractivity contribution in [1.82, 2.24) is 15.5 Å². The van der Waals surface area contributed by atoms with Gasteiger partial charge in [-0.15, -0.1) is 0 Å². The van der Waals surface area contributed by atoms with Gasteiger partial charge in [0.1, 0.15) is 11.5 Å². The van der Waals surface area contributed by atoms with E-state index in [1.54, 1.807) is 0 Å². The Bertz CT molecular complexity index is 950. The third-order valence-electron chi connectivity index (χ3n) is 4.45. The fraction of sp³-hybridized carbons (Fsp3) is 0.375. The van der Waals surface area contributed by atoms with E-state index in [0.29, 0.717) is 43.8 Å². The van der Waals surface area contributed by atoms with Crippen molar-refractivity contribution in [3.05, 3.63) is 60.0 Å². The number of nitrogens with zero attached hydrogens (tertiary/aromatic N) is 2. The van der Waals surface area contributed by atoms with Crippen LogP contribution in [0.4, 0.5) is 0 Å². The number of hydrogen-bond acceptors (Lipinski definition) is 6. The predicted molar refractivity (Wildman–Crippen MR) is 118 cm³/mol. The van der Waals surface area contributed by atoms with E-state index in [2.05, 4.69) is 29.3 Å². The Kier molecular flexibility index (Phi) is 8.04. The minimum absolute atomic E-state index is 0.0686. The van der Waals surface area contributed by atoms with Gasteiger partial charge in [0.05, 0.1) is 13.2 Å². The van der Waals surface area contributed by atoms with Crippen molar-refractivity contribution < 1.29 is 18.8 Å². The number of ether oxygens (including phenoxy) is 2. The molecule has 3 aromatic rings. The molecule has 0 fully saturated rings. The van der Waals surface area contributed by atoms with Crippen LogP contribution in [0, 0.1) is 5.92 Å². The van der Waals surface area contributed by atoms with Crippen LogP contribution in [0.1, 0.15) is 38.6 Å². The normalized spacial score (nSPS) is 10.8. The highest BCUT2D eigenvalue weighted by atomic mass is 16.5. The first kappa shape index (κ1) is 22.3. The lowest BCUT2D eigenvalue weighted by molar-refractivity contribution is -0.121. The molecule has 0 aliphatic heterocycles. The highest BCUT2D eigenvalue weighted by Gasteiger charge is 2.11. The van der Waals surface area contributed by atoms with E-state index in [9.17, 15) is 4.79 Å². The number of amides is 1. The van der Waals surface area contributed by atoms with Crippen molar-refractivity contribution in [1.29, 1.82) is 0 Å². The third kappa shape index (κ3) is 7.13. The van der Waals surface area contributed by atoms with Crippen molar-refractivity contribution in [2.45, 2.75) is 40.2 Å². The zero-order chi connectivity index (χ0) is 22.1. The minimum atomic E-state index is -0.0686. The van der Waals surface area contributed by atoms with Gasteiger partial charge in [-0.2, -0.15) is 4.98 Å². The molecule has 0 radical (unpaired) electrons. The monoisotopic (exact) mass is 423 g/mol. The molecule has 7 heteroatoms. The third-order valence-corrected chi connectivity index (χ3v) is 4.45. The van der Waals surface area contributed by atoms with Crippen molar-refractivity contribution >= 4 is 5.91 Å². The molecule has 0 aliphatic carbocycles. The van der Waals surface area contributed by atoms with Gasteiger partial charge >= 0.3 is 0 Å². The van der Waals surface area contributed by atoms with Gasteiger partial charge in [0.25, 0.3) is 0 Å². The van der Waals surface area contributed by atoms with E-state index in [4.69, 9.17) is 14.0 Å². The molecule has 0 saturated carbocycles. The van der Waals surface area contributed by atoms with Gasteiger partial charge in [0, 0.05) is 24.9 Å². The summed E-state index contributed by atoms with van der Waals surface area (Å²) in [4.78, 5) is 16.5. The number of carbonyl (C=O) groups excluding carboxylic acids is 1. The highest BCUT2D eigenvalue weighted by Crippen LogP contribution is 2.20. The van der Waals surface area contributed by atoms with Crippen molar-refractivity contribution in [2.75, 3.05) is 13.2 Å². The highest BCUT2D eigenvalue weighted by molar-refractivity contribution is 5.76. The summed E-state index contributed by atoms with van der Waals surface area (Å²) < 4.78 is 16.4. The Balaban J connectivity index is 1.42. The van der Waals surface area contributed by atoms with Crippen LogP contribution in [-0.2, 0) is 17.8 Å². The number of aromatic nitrogens is 2. The summed E-state index contributed by atoms with van der Waals surface area (Å²) in [5, 5.41) is 6.91. The Labute approximate surface area is 182 Å². The number of aryl methyl sites for hydroxylation is 1. The Hall–Kier alpha value is -3.35. The average molecular weight is 424 g/mol. The van der Waals surface area contributed by atoms with Crippen LogP contribution < -0.4 is 14.8 Å². The van der Waals surface area contributed by atoms with Crippen LogP contribution in [0.25, 0.3) is 11.4 Å². The first-order chi connectivity index (χ1) is 15.0. The molecule has 0 spiro atoms. The van der Waals surface area contributed by atoms with Crippen LogP contribution >= 0.6 is 0 Å². The summed E-state index contributed by atoms with van der Waals surface area (Å²) in [6.07, 6.45) is 0.665. The quantitative estimate of drug-likeness (QED) is 0.491. The molecule has 1 heterocycles. The van der Waals surface area contributed by atoms with E-state index in [1.165, 1.54) is 0 Å². The molecule has 1 aromatic heterocycles. The summed E-state index contributed by atoms with van der Waals surface area (Å²) in [5.74, 6) is 2.98. The maximum absolute atomic E-state index is 12.2.